The van der Waals surface area contributed by atoms with Crippen LogP contribution in [0, 0.1) is 5.92 Å². The Labute approximate surface area is 120 Å². The number of benzene rings is 1. The third kappa shape index (κ3) is 4.40. The molecule has 1 aromatic carbocycles. The Bertz CT molecular complexity index is 525. The third-order valence-corrected chi connectivity index (χ3v) is 5.65. The molecule has 0 fully saturated rings. The maximum Gasteiger partial charge on any atom is 0.242 e. The summed E-state index contributed by atoms with van der Waals surface area (Å²) in [5.41, 5.74) is 6.46. The Morgan fingerprint density at radius 3 is 2.42 bits per heavy atom. The summed E-state index contributed by atoms with van der Waals surface area (Å²) >= 11 is 1.67. The number of hydrogen-bond donors (Lipinski definition) is 1. The highest BCUT2D eigenvalue weighted by Gasteiger charge is 2.18. The molecule has 0 aliphatic carbocycles. The topological polar surface area (TPSA) is 63.4 Å². The number of nitrogens with two attached hydrogens (primary N) is 1. The largest absolute Gasteiger partial charge is 0.398 e. The van der Waals surface area contributed by atoms with E-state index >= 15 is 0 Å². The van der Waals surface area contributed by atoms with E-state index in [1.807, 2.05) is 0 Å². The van der Waals surface area contributed by atoms with E-state index in [4.69, 9.17) is 5.73 Å². The van der Waals surface area contributed by atoms with E-state index in [1.54, 1.807) is 23.9 Å². The predicted molar refractivity (Wildman–Crippen MR) is 81.9 cm³/mol. The van der Waals surface area contributed by atoms with Crippen molar-refractivity contribution < 1.29 is 8.42 Å². The summed E-state index contributed by atoms with van der Waals surface area (Å²) < 4.78 is 25.1. The van der Waals surface area contributed by atoms with Gasteiger partial charge in [0.2, 0.25) is 10.0 Å². The number of sulfonamides is 1. The Hall–Kier alpha value is -0.720. The molecule has 19 heavy (non-hydrogen) atoms. The molecule has 1 aromatic rings. The first-order valence-corrected chi connectivity index (χ1v) is 8.62. The lowest BCUT2D eigenvalue weighted by Crippen LogP contribution is -2.22. The van der Waals surface area contributed by atoms with Gasteiger partial charge >= 0.3 is 0 Å². The van der Waals surface area contributed by atoms with Crippen LogP contribution in [0.4, 0.5) is 5.69 Å². The van der Waals surface area contributed by atoms with Gasteiger partial charge in [0.05, 0.1) is 4.90 Å². The van der Waals surface area contributed by atoms with Crippen molar-refractivity contribution in [2.75, 3.05) is 25.6 Å². The highest BCUT2D eigenvalue weighted by Crippen LogP contribution is 2.29. The van der Waals surface area contributed by atoms with E-state index in [1.165, 1.54) is 24.5 Å². The van der Waals surface area contributed by atoms with E-state index in [0.717, 1.165) is 17.1 Å². The summed E-state index contributed by atoms with van der Waals surface area (Å²) in [5, 5.41) is 0. The molecule has 0 spiro atoms. The maximum absolute atomic E-state index is 12.0. The van der Waals surface area contributed by atoms with Crippen LogP contribution in [-0.2, 0) is 10.0 Å². The van der Waals surface area contributed by atoms with Crippen LogP contribution in [0.25, 0.3) is 0 Å². The second-order valence-electron chi connectivity index (χ2n) is 5.02. The fourth-order valence-corrected chi connectivity index (χ4v) is 3.57. The SMILES string of the molecule is CC(C)CCSc1ccc(S(=O)(=O)N(C)C)cc1N. The second-order valence-corrected chi connectivity index (χ2v) is 8.31. The summed E-state index contributed by atoms with van der Waals surface area (Å²) in [7, 11) is -0.385. The van der Waals surface area contributed by atoms with Crippen molar-refractivity contribution in [1.29, 1.82) is 0 Å². The zero-order chi connectivity index (χ0) is 14.6. The van der Waals surface area contributed by atoms with Gasteiger partial charge in [-0.2, -0.15) is 0 Å². The van der Waals surface area contributed by atoms with Crippen LogP contribution in [0.3, 0.4) is 0 Å². The summed E-state index contributed by atoms with van der Waals surface area (Å²) in [4.78, 5) is 1.18. The van der Waals surface area contributed by atoms with Crippen molar-refractivity contribution in [3.05, 3.63) is 18.2 Å². The average molecular weight is 302 g/mol. The van der Waals surface area contributed by atoms with E-state index in [2.05, 4.69) is 13.8 Å². The normalized spacial score (nSPS) is 12.3. The number of thioether (sulfide) groups is 1. The van der Waals surface area contributed by atoms with Gasteiger partial charge in [0.1, 0.15) is 0 Å². The van der Waals surface area contributed by atoms with Crippen molar-refractivity contribution in [3.8, 4) is 0 Å². The predicted octanol–water partition coefficient (Wildman–Crippen LogP) is 2.66. The van der Waals surface area contributed by atoms with Crippen molar-refractivity contribution in [3.63, 3.8) is 0 Å². The van der Waals surface area contributed by atoms with Gasteiger partial charge in [-0.15, -0.1) is 11.8 Å². The molecule has 0 bridgehead atoms. The van der Waals surface area contributed by atoms with E-state index in [0.29, 0.717) is 11.6 Å². The molecule has 0 saturated carbocycles. The van der Waals surface area contributed by atoms with Gasteiger partial charge in [0.25, 0.3) is 0 Å². The number of hydrogen-bond acceptors (Lipinski definition) is 4. The van der Waals surface area contributed by atoms with Gasteiger partial charge in [-0.1, -0.05) is 13.8 Å². The molecule has 0 atom stereocenters. The Kier molecular flexibility index (Phi) is 5.70. The van der Waals surface area contributed by atoms with Crippen LogP contribution in [0.5, 0.6) is 0 Å². The van der Waals surface area contributed by atoms with Crippen LogP contribution in [0.15, 0.2) is 28.0 Å². The van der Waals surface area contributed by atoms with Gasteiger partial charge in [0.15, 0.2) is 0 Å². The lowest BCUT2D eigenvalue weighted by Gasteiger charge is -2.13. The average Bonchev–Trinajstić information content (AvgIpc) is 2.30. The first kappa shape index (κ1) is 16.3. The van der Waals surface area contributed by atoms with Gasteiger partial charge in [-0.3, -0.25) is 0 Å². The van der Waals surface area contributed by atoms with Crippen molar-refractivity contribution in [1.82, 2.24) is 4.31 Å². The molecule has 0 unspecified atom stereocenters. The lowest BCUT2D eigenvalue weighted by atomic mass is 10.2. The Morgan fingerprint density at radius 2 is 1.95 bits per heavy atom. The molecule has 1 rings (SSSR count). The van der Waals surface area contributed by atoms with Gasteiger partial charge in [-0.05, 0) is 36.3 Å². The van der Waals surface area contributed by atoms with Gasteiger partial charge in [0, 0.05) is 24.7 Å². The van der Waals surface area contributed by atoms with E-state index in [9.17, 15) is 8.42 Å². The lowest BCUT2D eigenvalue weighted by molar-refractivity contribution is 0.520. The van der Waals surface area contributed by atoms with Crippen LogP contribution >= 0.6 is 11.8 Å². The van der Waals surface area contributed by atoms with Crippen molar-refractivity contribution >= 4 is 27.5 Å². The summed E-state index contributed by atoms with van der Waals surface area (Å²) in [5.74, 6) is 1.64. The first-order valence-electron chi connectivity index (χ1n) is 6.20. The molecule has 0 radical (unpaired) electrons. The zero-order valence-electron chi connectivity index (χ0n) is 11.9. The molecule has 0 heterocycles. The molecule has 0 aliphatic rings. The van der Waals surface area contributed by atoms with Gasteiger partial charge < -0.3 is 5.73 Å². The fourth-order valence-electron chi connectivity index (χ4n) is 1.43. The minimum atomic E-state index is -3.41. The first-order chi connectivity index (χ1) is 8.75. The Morgan fingerprint density at radius 1 is 1.32 bits per heavy atom. The summed E-state index contributed by atoms with van der Waals surface area (Å²) in [6.07, 6.45) is 1.11. The molecule has 0 aliphatic heterocycles. The number of nitrogen functional groups attached to an aromatic ring is 1. The van der Waals surface area contributed by atoms with E-state index < -0.39 is 10.0 Å². The van der Waals surface area contributed by atoms with Crippen LogP contribution in [-0.4, -0.2) is 32.6 Å². The van der Waals surface area contributed by atoms with Crippen LogP contribution in [0.2, 0.25) is 0 Å². The summed E-state index contributed by atoms with van der Waals surface area (Å²) in [6.45, 7) is 4.35. The number of rotatable bonds is 6. The second kappa shape index (κ2) is 6.63. The molecule has 2 N–H and O–H groups in total. The number of nitrogens with zero attached hydrogens (tertiary/aromatic N) is 1. The molecule has 6 heteroatoms. The maximum atomic E-state index is 12.0. The Balaban J connectivity index is 2.86. The monoisotopic (exact) mass is 302 g/mol. The third-order valence-electron chi connectivity index (χ3n) is 2.71. The van der Waals surface area contributed by atoms with Crippen molar-refractivity contribution in [2.24, 2.45) is 5.92 Å². The molecule has 0 aromatic heterocycles. The van der Waals surface area contributed by atoms with E-state index in [-0.39, 0.29) is 4.90 Å². The van der Waals surface area contributed by atoms with Crippen molar-refractivity contribution in [2.45, 2.75) is 30.1 Å². The molecule has 0 amide bonds. The minimum Gasteiger partial charge on any atom is -0.398 e. The minimum absolute atomic E-state index is 0.239. The molecule has 108 valence electrons. The van der Waals surface area contributed by atoms with Crippen LogP contribution < -0.4 is 5.73 Å². The highest BCUT2D eigenvalue weighted by molar-refractivity contribution is 7.99. The standard InChI is InChI=1S/C13H22N2O2S2/c1-10(2)7-8-18-13-6-5-11(9-12(13)14)19(16,17)15(3)4/h5-6,9-10H,7-8,14H2,1-4H3. The molecule has 4 nitrogen and oxygen atoms in total. The number of anilines is 1. The zero-order valence-corrected chi connectivity index (χ0v) is 13.5. The molecular formula is C13H22N2O2S2. The smallest absolute Gasteiger partial charge is 0.242 e. The quantitative estimate of drug-likeness (QED) is 0.648. The van der Waals surface area contributed by atoms with Crippen LogP contribution in [0.1, 0.15) is 20.3 Å². The fraction of sp³-hybridized carbons (Fsp3) is 0.538. The molecular weight excluding hydrogens is 280 g/mol. The van der Waals surface area contributed by atoms with Gasteiger partial charge in [-0.25, -0.2) is 12.7 Å². The highest BCUT2D eigenvalue weighted by atomic mass is 32.2. The molecule has 0 saturated heterocycles. The summed E-state index contributed by atoms with van der Waals surface area (Å²) in [6, 6.07) is 4.94.